The van der Waals surface area contributed by atoms with Crippen LogP contribution in [-0.4, -0.2) is 39.0 Å². The van der Waals surface area contributed by atoms with Crippen molar-refractivity contribution in [3.63, 3.8) is 0 Å². The summed E-state index contributed by atoms with van der Waals surface area (Å²) in [5, 5.41) is 4.49. The zero-order chi connectivity index (χ0) is 9.90. The highest BCUT2D eigenvalue weighted by Gasteiger charge is 2.31. The molecule has 1 aliphatic rings. The summed E-state index contributed by atoms with van der Waals surface area (Å²) in [7, 11) is -1.43. The van der Waals surface area contributed by atoms with E-state index in [1.165, 1.54) is 7.05 Å². The van der Waals surface area contributed by atoms with Gasteiger partial charge < -0.3 is 10.6 Å². The molecule has 1 rings (SSSR count). The Kier molecular flexibility index (Phi) is 3.13. The molecule has 76 valence electrons. The summed E-state index contributed by atoms with van der Waals surface area (Å²) >= 11 is 0. The van der Waals surface area contributed by atoms with Crippen LogP contribution in [0.5, 0.6) is 0 Å². The second kappa shape index (κ2) is 3.95. The number of sulfone groups is 1. The Balaban J connectivity index is 2.42. The Hall–Kier alpha value is -0.780. The first-order valence-electron chi connectivity index (χ1n) is 4.23. The molecule has 0 aliphatic carbocycles. The maximum atomic E-state index is 11.3. The predicted octanol–water partition coefficient (Wildman–Crippen LogP) is -0.507. The Morgan fingerprint density at radius 1 is 1.54 bits per heavy atom. The molecular weight excluding hydrogens is 192 g/mol. The van der Waals surface area contributed by atoms with Gasteiger partial charge in [0.15, 0.2) is 9.84 Å². The van der Waals surface area contributed by atoms with Gasteiger partial charge in [-0.1, -0.05) is 0 Å². The molecule has 0 aromatic carbocycles. The van der Waals surface area contributed by atoms with Gasteiger partial charge in [-0.25, -0.2) is 13.2 Å². The number of urea groups is 1. The molecule has 2 amide bonds. The van der Waals surface area contributed by atoms with E-state index in [2.05, 4.69) is 10.6 Å². The fourth-order valence-corrected chi connectivity index (χ4v) is 3.15. The van der Waals surface area contributed by atoms with Gasteiger partial charge in [0.2, 0.25) is 0 Å². The third-order valence-corrected chi connectivity index (χ3v) is 4.46. The van der Waals surface area contributed by atoms with Crippen molar-refractivity contribution in [1.82, 2.24) is 10.6 Å². The van der Waals surface area contributed by atoms with Gasteiger partial charge in [0.1, 0.15) is 0 Å². The molecule has 1 aliphatic heterocycles. The van der Waals surface area contributed by atoms with Crippen LogP contribution < -0.4 is 10.6 Å². The van der Waals surface area contributed by atoms with Gasteiger partial charge in [-0.05, 0) is 12.8 Å². The molecule has 6 heteroatoms. The third-order valence-electron chi connectivity index (χ3n) is 2.18. The summed E-state index contributed by atoms with van der Waals surface area (Å²) < 4.78 is 22.6. The molecule has 1 unspecified atom stereocenters. The standard InChI is InChI=1S/C7H14N2O3S/c1-8-7(10)9-5-6-3-2-4-13(6,11)12/h6H,2-5H2,1H3,(H2,8,9,10). The van der Waals surface area contributed by atoms with Crippen LogP contribution in [-0.2, 0) is 9.84 Å². The van der Waals surface area contributed by atoms with E-state index in [-0.39, 0.29) is 23.6 Å². The van der Waals surface area contributed by atoms with E-state index in [9.17, 15) is 13.2 Å². The maximum Gasteiger partial charge on any atom is 0.314 e. The monoisotopic (exact) mass is 206 g/mol. The van der Waals surface area contributed by atoms with Crippen LogP contribution in [0.1, 0.15) is 12.8 Å². The van der Waals surface area contributed by atoms with E-state index < -0.39 is 9.84 Å². The van der Waals surface area contributed by atoms with Gasteiger partial charge in [0.05, 0.1) is 11.0 Å². The predicted molar refractivity (Wildman–Crippen MR) is 49.3 cm³/mol. The molecule has 0 aromatic rings. The average Bonchev–Trinajstić information content (AvgIpc) is 2.41. The zero-order valence-electron chi connectivity index (χ0n) is 7.54. The fraction of sp³-hybridized carbons (Fsp3) is 0.857. The van der Waals surface area contributed by atoms with Crippen LogP contribution in [0.2, 0.25) is 0 Å². The number of carbonyl (C=O) groups excluding carboxylic acids is 1. The Bertz CT molecular complexity index is 286. The Labute approximate surface area is 77.8 Å². The van der Waals surface area contributed by atoms with E-state index >= 15 is 0 Å². The number of nitrogens with one attached hydrogen (secondary N) is 2. The lowest BCUT2D eigenvalue weighted by Crippen LogP contribution is -2.39. The molecule has 2 N–H and O–H groups in total. The highest BCUT2D eigenvalue weighted by atomic mass is 32.2. The summed E-state index contributed by atoms with van der Waals surface area (Å²) in [4.78, 5) is 10.8. The number of rotatable bonds is 2. The number of amides is 2. The molecule has 0 spiro atoms. The average molecular weight is 206 g/mol. The minimum absolute atomic E-state index is 0.224. The lowest BCUT2D eigenvalue weighted by Gasteiger charge is -2.09. The van der Waals surface area contributed by atoms with Crippen molar-refractivity contribution >= 4 is 15.9 Å². The van der Waals surface area contributed by atoms with Gasteiger partial charge in [-0.2, -0.15) is 0 Å². The van der Waals surface area contributed by atoms with Crippen molar-refractivity contribution in [2.75, 3.05) is 19.3 Å². The Morgan fingerprint density at radius 3 is 2.69 bits per heavy atom. The molecule has 1 heterocycles. The van der Waals surface area contributed by atoms with Crippen molar-refractivity contribution in [2.45, 2.75) is 18.1 Å². The van der Waals surface area contributed by atoms with E-state index in [1.54, 1.807) is 0 Å². The van der Waals surface area contributed by atoms with Crippen molar-refractivity contribution in [2.24, 2.45) is 0 Å². The zero-order valence-corrected chi connectivity index (χ0v) is 8.36. The summed E-state index contributed by atoms with van der Waals surface area (Å²) in [5.74, 6) is 0.257. The quantitative estimate of drug-likeness (QED) is 0.639. The van der Waals surface area contributed by atoms with Crippen LogP contribution in [0.15, 0.2) is 0 Å². The van der Waals surface area contributed by atoms with Crippen molar-refractivity contribution in [1.29, 1.82) is 0 Å². The van der Waals surface area contributed by atoms with Crippen LogP contribution in [0.4, 0.5) is 4.79 Å². The minimum atomic E-state index is -2.93. The largest absolute Gasteiger partial charge is 0.341 e. The summed E-state index contributed by atoms with van der Waals surface area (Å²) in [5.41, 5.74) is 0. The third kappa shape index (κ3) is 2.58. The summed E-state index contributed by atoms with van der Waals surface area (Å²) in [6, 6.07) is -0.331. The van der Waals surface area contributed by atoms with Crippen LogP contribution in [0, 0.1) is 0 Å². The smallest absolute Gasteiger partial charge is 0.314 e. The van der Waals surface area contributed by atoms with E-state index in [0.717, 1.165) is 0 Å². The SMILES string of the molecule is CNC(=O)NCC1CCCS1(=O)=O. The first-order valence-corrected chi connectivity index (χ1v) is 5.95. The van der Waals surface area contributed by atoms with E-state index in [0.29, 0.717) is 12.8 Å². The number of hydrogen-bond donors (Lipinski definition) is 2. The summed E-state index contributed by atoms with van der Waals surface area (Å²) in [6.45, 7) is 0.224. The highest BCUT2D eigenvalue weighted by molar-refractivity contribution is 7.92. The van der Waals surface area contributed by atoms with Crippen molar-refractivity contribution < 1.29 is 13.2 Å². The van der Waals surface area contributed by atoms with Crippen molar-refractivity contribution in [3.05, 3.63) is 0 Å². The molecule has 0 saturated carbocycles. The molecular formula is C7H14N2O3S. The molecule has 1 saturated heterocycles. The second-order valence-electron chi connectivity index (χ2n) is 3.09. The molecule has 0 radical (unpaired) electrons. The van der Waals surface area contributed by atoms with Crippen LogP contribution in [0.25, 0.3) is 0 Å². The van der Waals surface area contributed by atoms with Crippen LogP contribution in [0.3, 0.4) is 0 Å². The lowest BCUT2D eigenvalue weighted by molar-refractivity contribution is 0.243. The van der Waals surface area contributed by atoms with Gasteiger partial charge in [0.25, 0.3) is 0 Å². The van der Waals surface area contributed by atoms with Gasteiger partial charge in [0, 0.05) is 13.6 Å². The Morgan fingerprint density at radius 2 is 2.23 bits per heavy atom. The first-order chi connectivity index (χ1) is 6.06. The first kappa shape index (κ1) is 10.3. The molecule has 13 heavy (non-hydrogen) atoms. The molecule has 0 aromatic heterocycles. The van der Waals surface area contributed by atoms with Gasteiger partial charge in [-0.15, -0.1) is 0 Å². The van der Waals surface area contributed by atoms with Crippen LogP contribution >= 0.6 is 0 Å². The number of hydrogen-bond acceptors (Lipinski definition) is 3. The molecule has 0 bridgehead atoms. The highest BCUT2D eigenvalue weighted by Crippen LogP contribution is 2.18. The van der Waals surface area contributed by atoms with Gasteiger partial charge in [-0.3, -0.25) is 0 Å². The molecule has 1 fully saturated rings. The maximum absolute atomic E-state index is 11.3. The molecule has 1 atom stereocenters. The van der Waals surface area contributed by atoms with E-state index in [1.807, 2.05) is 0 Å². The topological polar surface area (TPSA) is 75.3 Å². The molecule has 5 nitrogen and oxygen atoms in total. The van der Waals surface area contributed by atoms with Crippen molar-refractivity contribution in [3.8, 4) is 0 Å². The fourth-order valence-electron chi connectivity index (χ4n) is 1.38. The van der Waals surface area contributed by atoms with E-state index in [4.69, 9.17) is 0 Å². The summed E-state index contributed by atoms with van der Waals surface area (Å²) in [6.07, 6.45) is 1.37. The second-order valence-corrected chi connectivity index (χ2v) is 5.49. The minimum Gasteiger partial charge on any atom is -0.341 e. The van der Waals surface area contributed by atoms with Gasteiger partial charge >= 0.3 is 6.03 Å². The number of carbonyl (C=O) groups is 1. The lowest BCUT2D eigenvalue weighted by atomic mass is 10.2. The normalized spacial score (nSPS) is 25.5.